The van der Waals surface area contributed by atoms with Crippen molar-refractivity contribution in [2.24, 2.45) is 7.05 Å². The van der Waals surface area contributed by atoms with Crippen LogP contribution in [0.3, 0.4) is 0 Å². The molecule has 5 nitrogen and oxygen atoms in total. The molecule has 0 bridgehead atoms. The minimum Gasteiger partial charge on any atom is -0.349 e. The van der Waals surface area contributed by atoms with E-state index in [2.05, 4.69) is 20.4 Å². The van der Waals surface area contributed by atoms with E-state index in [-0.39, 0.29) is 0 Å². The Hall–Kier alpha value is -1.62. The first-order chi connectivity index (χ1) is 8.84. The molecule has 0 aromatic carbocycles. The molecule has 18 heavy (non-hydrogen) atoms. The van der Waals surface area contributed by atoms with Crippen molar-refractivity contribution in [3.63, 3.8) is 0 Å². The molecule has 0 amide bonds. The lowest BCUT2D eigenvalue weighted by molar-refractivity contribution is 0.454. The lowest BCUT2D eigenvalue weighted by Gasteiger charge is -2.23. The number of hydrogen-bond acceptors (Lipinski definition) is 3. The van der Waals surface area contributed by atoms with Gasteiger partial charge in [0.15, 0.2) is 0 Å². The second-order valence-corrected chi connectivity index (χ2v) is 4.86. The molecular formula is C13H19N5. The highest BCUT2D eigenvalue weighted by Crippen LogP contribution is 2.28. The van der Waals surface area contributed by atoms with E-state index in [1.807, 2.05) is 24.1 Å². The van der Waals surface area contributed by atoms with E-state index in [1.165, 1.54) is 24.1 Å². The summed E-state index contributed by atoms with van der Waals surface area (Å²) in [7, 11) is 2.03. The molecule has 5 heteroatoms. The predicted octanol–water partition coefficient (Wildman–Crippen LogP) is 1.35. The highest BCUT2D eigenvalue weighted by Gasteiger charge is 2.22. The van der Waals surface area contributed by atoms with E-state index in [0.717, 1.165) is 25.2 Å². The Labute approximate surface area is 107 Å². The fourth-order valence-electron chi connectivity index (χ4n) is 2.72. The standard InChI is InChI=1S/C13H19N5/c1-18-12-4-2-3-11(10(12)9-17-18)14-6-5-13-15-7-8-16-13/h7-9,11,14H,2-6H2,1H3,(H,15,16). The smallest absolute Gasteiger partial charge is 0.107 e. The Morgan fingerprint density at radius 2 is 2.50 bits per heavy atom. The molecule has 0 aliphatic heterocycles. The molecule has 0 saturated heterocycles. The van der Waals surface area contributed by atoms with Crippen molar-refractivity contribution in [3.8, 4) is 0 Å². The third kappa shape index (κ3) is 2.18. The van der Waals surface area contributed by atoms with Crippen molar-refractivity contribution >= 4 is 0 Å². The fourth-order valence-corrected chi connectivity index (χ4v) is 2.72. The van der Waals surface area contributed by atoms with Gasteiger partial charge in [-0.2, -0.15) is 5.10 Å². The molecule has 3 rings (SSSR count). The van der Waals surface area contributed by atoms with E-state index in [9.17, 15) is 0 Å². The summed E-state index contributed by atoms with van der Waals surface area (Å²) in [6.45, 7) is 0.951. The highest BCUT2D eigenvalue weighted by atomic mass is 15.3. The van der Waals surface area contributed by atoms with Crippen LogP contribution in [0.5, 0.6) is 0 Å². The van der Waals surface area contributed by atoms with Gasteiger partial charge in [-0.05, 0) is 19.3 Å². The first-order valence-corrected chi connectivity index (χ1v) is 6.57. The maximum Gasteiger partial charge on any atom is 0.107 e. The van der Waals surface area contributed by atoms with Gasteiger partial charge in [-0.15, -0.1) is 0 Å². The number of nitrogens with zero attached hydrogens (tertiary/aromatic N) is 3. The molecule has 1 aliphatic rings. The van der Waals surface area contributed by atoms with Gasteiger partial charge in [-0.1, -0.05) is 0 Å². The van der Waals surface area contributed by atoms with E-state index >= 15 is 0 Å². The average Bonchev–Trinajstić information content (AvgIpc) is 3.01. The number of aryl methyl sites for hydroxylation is 1. The normalized spacial score (nSPS) is 18.8. The molecule has 0 spiro atoms. The first-order valence-electron chi connectivity index (χ1n) is 6.57. The zero-order valence-corrected chi connectivity index (χ0v) is 10.7. The van der Waals surface area contributed by atoms with E-state index in [1.54, 1.807) is 6.20 Å². The molecule has 2 aromatic rings. The second kappa shape index (κ2) is 4.94. The van der Waals surface area contributed by atoms with Gasteiger partial charge >= 0.3 is 0 Å². The zero-order chi connectivity index (χ0) is 12.4. The Balaban J connectivity index is 1.60. The number of nitrogens with one attached hydrogen (secondary N) is 2. The van der Waals surface area contributed by atoms with Crippen LogP contribution >= 0.6 is 0 Å². The summed E-state index contributed by atoms with van der Waals surface area (Å²) < 4.78 is 2.01. The van der Waals surface area contributed by atoms with Gasteiger partial charge in [0.05, 0.1) is 6.20 Å². The van der Waals surface area contributed by atoms with Gasteiger partial charge in [-0.3, -0.25) is 4.68 Å². The minimum atomic E-state index is 0.456. The van der Waals surface area contributed by atoms with Crippen LogP contribution in [0.25, 0.3) is 0 Å². The van der Waals surface area contributed by atoms with Crippen LogP contribution in [0.15, 0.2) is 18.6 Å². The van der Waals surface area contributed by atoms with Gasteiger partial charge in [0.25, 0.3) is 0 Å². The zero-order valence-electron chi connectivity index (χ0n) is 10.7. The topological polar surface area (TPSA) is 58.5 Å². The van der Waals surface area contributed by atoms with Crippen LogP contribution in [0.2, 0.25) is 0 Å². The molecular weight excluding hydrogens is 226 g/mol. The number of aromatic amines is 1. The summed E-state index contributed by atoms with van der Waals surface area (Å²) in [4.78, 5) is 7.37. The largest absolute Gasteiger partial charge is 0.349 e. The fraction of sp³-hybridized carbons (Fsp3) is 0.538. The summed E-state index contributed by atoms with van der Waals surface area (Å²) >= 11 is 0. The quantitative estimate of drug-likeness (QED) is 0.855. The number of imidazole rings is 1. The van der Waals surface area contributed by atoms with Crippen molar-refractivity contribution in [2.75, 3.05) is 6.54 Å². The van der Waals surface area contributed by atoms with Crippen LogP contribution in [0.4, 0.5) is 0 Å². The van der Waals surface area contributed by atoms with Gasteiger partial charge in [-0.25, -0.2) is 4.98 Å². The summed E-state index contributed by atoms with van der Waals surface area (Å²) in [5, 5.41) is 7.98. The first kappa shape index (κ1) is 11.5. The Bertz CT molecular complexity index is 499. The molecule has 96 valence electrons. The summed E-state index contributed by atoms with van der Waals surface area (Å²) in [5.41, 5.74) is 2.76. The van der Waals surface area contributed by atoms with Gasteiger partial charge in [0.1, 0.15) is 5.82 Å². The lowest BCUT2D eigenvalue weighted by Crippen LogP contribution is -2.27. The van der Waals surface area contributed by atoms with Crippen LogP contribution < -0.4 is 5.32 Å². The maximum atomic E-state index is 4.36. The minimum absolute atomic E-state index is 0.456. The van der Waals surface area contributed by atoms with Crippen LogP contribution in [-0.4, -0.2) is 26.3 Å². The van der Waals surface area contributed by atoms with Crippen LogP contribution in [-0.2, 0) is 19.9 Å². The number of aromatic nitrogens is 4. The van der Waals surface area contributed by atoms with E-state index in [0.29, 0.717) is 6.04 Å². The molecule has 2 N–H and O–H groups in total. The van der Waals surface area contributed by atoms with Gasteiger partial charge in [0, 0.05) is 49.7 Å². The number of hydrogen-bond donors (Lipinski definition) is 2. The second-order valence-electron chi connectivity index (χ2n) is 4.86. The molecule has 1 unspecified atom stereocenters. The molecule has 1 aliphatic carbocycles. The average molecular weight is 245 g/mol. The van der Waals surface area contributed by atoms with Crippen molar-refractivity contribution < 1.29 is 0 Å². The molecule has 1 atom stereocenters. The molecule has 0 radical (unpaired) electrons. The van der Waals surface area contributed by atoms with Crippen molar-refractivity contribution in [3.05, 3.63) is 35.7 Å². The SMILES string of the molecule is Cn1ncc2c1CCCC2NCCc1ncc[nH]1. The third-order valence-corrected chi connectivity index (χ3v) is 3.68. The van der Waals surface area contributed by atoms with Crippen LogP contribution in [0.1, 0.15) is 36.0 Å². The summed E-state index contributed by atoms with van der Waals surface area (Å²) in [6, 6.07) is 0.456. The molecule has 2 heterocycles. The van der Waals surface area contributed by atoms with Crippen molar-refractivity contribution in [1.82, 2.24) is 25.1 Å². The highest BCUT2D eigenvalue weighted by molar-refractivity contribution is 5.24. The van der Waals surface area contributed by atoms with Gasteiger partial charge < -0.3 is 10.3 Å². The lowest BCUT2D eigenvalue weighted by atomic mass is 9.93. The van der Waals surface area contributed by atoms with Crippen molar-refractivity contribution in [1.29, 1.82) is 0 Å². The Kier molecular flexibility index (Phi) is 3.15. The Morgan fingerprint density at radius 1 is 1.56 bits per heavy atom. The third-order valence-electron chi connectivity index (χ3n) is 3.68. The number of rotatable bonds is 4. The summed E-state index contributed by atoms with van der Waals surface area (Å²) in [6.07, 6.45) is 10.2. The van der Waals surface area contributed by atoms with Crippen molar-refractivity contribution in [2.45, 2.75) is 31.7 Å². The van der Waals surface area contributed by atoms with E-state index < -0.39 is 0 Å². The van der Waals surface area contributed by atoms with Gasteiger partial charge in [0.2, 0.25) is 0 Å². The monoisotopic (exact) mass is 245 g/mol. The predicted molar refractivity (Wildman–Crippen MR) is 69.2 cm³/mol. The number of fused-ring (bicyclic) bond motifs is 1. The van der Waals surface area contributed by atoms with E-state index in [4.69, 9.17) is 0 Å². The Morgan fingerprint density at radius 3 is 3.33 bits per heavy atom. The maximum absolute atomic E-state index is 4.36. The van der Waals surface area contributed by atoms with Crippen LogP contribution in [0, 0.1) is 0 Å². The molecule has 0 saturated carbocycles. The molecule has 2 aromatic heterocycles. The number of H-pyrrole nitrogens is 1. The summed E-state index contributed by atoms with van der Waals surface area (Å²) in [5.74, 6) is 1.05. The molecule has 0 fully saturated rings.